The average molecular weight is 144 g/mol. The normalized spacial score (nSPS) is 11.9. The smallest absolute Gasteiger partial charge is 0.107 e. The van der Waals surface area contributed by atoms with Crippen LogP contribution < -0.4 is 0 Å². The Hall–Kier alpha value is -0.560. The van der Waals surface area contributed by atoms with Crippen molar-refractivity contribution in [3.05, 3.63) is 0 Å². The van der Waals surface area contributed by atoms with Crippen molar-refractivity contribution in [1.82, 2.24) is 0 Å². The van der Waals surface area contributed by atoms with Crippen molar-refractivity contribution in [3.63, 3.8) is 0 Å². The summed E-state index contributed by atoms with van der Waals surface area (Å²) in [7, 11) is 0. The summed E-state index contributed by atoms with van der Waals surface area (Å²) in [5.41, 5.74) is 0. The minimum absolute atomic E-state index is 0.141. The van der Waals surface area contributed by atoms with Gasteiger partial charge in [0.1, 0.15) is 13.2 Å². The molecule has 0 aliphatic rings. The van der Waals surface area contributed by atoms with E-state index in [9.17, 15) is 0 Å². The van der Waals surface area contributed by atoms with Crippen LogP contribution in [0.4, 0.5) is 0 Å². The third-order valence-electron chi connectivity index (χ3n) is 0.737. The Morgan fingerprint density at radius 2 is 2.20 bits per heavy atom. The van der Waals surface area contributed by atoms with E-state index < -0.39 is 6.10 Å². The molecule has 0 heterocycles. The molecular weight excluding hydrogens is 132 g/mol. The highest BCUT2D eigenvalue weighted by atomic mass is 16.5. The number of hydrogen-bond acceptors (Lipinski definition) is 3. The van der Waals surface area contributed by atoms with Crippen LogP contribution in [-0.4, -0.2) is 36.1 Å². The number of hydrogen-bond donors (Lipinski definition) is 2. The van der Waals surface area contributed by atoms with E-state index in [1.807, 2.05) is 0 Å². The van der Waals surface area contributed by atoms with Crippen LogP contribution in [0.25, 0.3) is 0 Å². The zero-order chi connectivity index (χ0) is 7.82. The lowest BCUT2D eigenvalue weighted by Gasteiger charge is -2.00. The summed E-state index contributed by atoms with van der Waals surface area (Å²) in [5.74, 6) is 4.98. The van der Waals surface area contributed by atoms with Gasteiger partial charge in [-0.15, -0.1) is 0 Å². The Morgan fingerprint density at radius 3 is 2.70 bits per heavy atom. The molecular formula is C7H12O3. The summed E-state index contributed by atoms with van der Waals surface area (Å²) in [6, 6.07) is 0. The van der Waals surface area contributed by atoms with Gasteiger partial charge in [-0.05, 0) is 6.92 Å². The van der Waals surface area contributed by atoms with Crippen LogP contribution in [0.3, 0.4) is 0 Å². The summed E-state index contributed by atoms with van der Waals surface area (Å²) in [6.07, 6.45) is -0.448. The molecule has 0 aromatic rings. The second-order valence-corrected chi connectivity index (χ2v) is 1.88. The van der Waals surface area contributed by atoms with Gasteiger partial charge in [-0.1, -0.05) is 11.8 Å². The standard InChI is InChI=1S/C7H12O3/c1-7(9)6-10-5-3-2-4-8/h7-9H,4-6H2,1H3. The van der Waals surface area contributed by atoms with Crippen molar-refractivity contribution in [2.45, 2.75) is 13.0 Å². The topological polar surface area (TPSA) is 49.7 Å². The zero-order valence-electron chi connectivity index (χ0n) is 6.00. The zero-order valence-corrected chi connectivity index (χ0v) is 6.00. The maximum absolute atomic E-state index is 8.69. The molecule has 0 rings (SSSR count). The predicted molar refractivity (Wildman–Crippen MR) is 37.4 cm³/mol. The molecule has 3 heteroatoms. The van der Waals surface area contributed by atoms with Crippen molar-refractivity contribution in [2.75, 3.05) is 19.8 Å². The van der Waals surface area contributed by atoms with Gasteiger partial charge in [-0.25, -0.2) is 0 Å². The van der Waals surface area contributed by atoms with Crippen LogP contribution in [0.1, 0.15) is 6.92 Å². The van der Waals surface area contributed by atoms with Crippen LogP contribution in [0.15, 0.2) is 0 Å². The molecule has 2 N–H and O–H groups in total. The summed E-state index contributed by atoms with van der Waals surface area (Å²) < 4.78 is 4.86. The molecule has 0 saturated carbocycles. The molecule has 0 aliphatic carbocycles. The van der Waals surface area contributed by atoms with E-state index in [1.54, 1.807) is 6.92 Å². The molecule has 1 unspecified atom stereocenters. The van der Waals surface area contributed by atoms with Crippen LogP contribution in [0.2, 0.25) is 0 Å². The van der Waals surface area contributed by atoms with E-state index in [4.69, 9.17) is 14.9 Å². The molecule has 0 amide bonds. The molecule has 0 aliphatic heterocycles. The monoisotopic (exact) mass is 144 g/mol. The largest absolute Gasteiger partial charge is 0.391 e. The lowest BCUT2D eigenvalue weighted by molar-refractivity contribution is 0.0621. The van der Waals surface area contributed by atoms with Crippen molar-refractivity contribution in [1.29, 1.82) is 0 Å². The number of aliphatic hydroxyl groups is 2. The molecule has 1 atom stereocenters. The van der Waals surface area contributed by atoms with Gasteiger partial charge < -0.3 is 14.9 Å². The number of rotatable bonds is 3. The number of ether oxygens (including phenoxy) is 1. The Morgan fingerprint density at radius 1 is 1.50 bits per heavy atom. The van der Waals surface area contributed by atoms with E-state index >= 15 is 0 Å². The second-order valence-electron chi connectivity index (χ2n) is 1.88. The molecule has 58 valence electrons. The summed E-state index contributed by atoms with van der Waals surface area (Å²) in [4.78, 5) is 0. The first kappa shape index (κ1) is 9.44. The first-order chi connectivity index (χ1) is 4.77. The highest BCUT2D eigenvalue weighted by molar-refractivity contribution is 4.98. The lowest BCUT2D eigenvalue weighted by atomic mass is 10.4. The van der Waals surface area contributed by atoms with Gasteiger partial charge >= 0.3 is 0 Å². The van der Waals surface area contributed by atoms with Gasteiger partial charge in [0.25, 0.3) is 0 Å². The summed E-state index contributed by atoms with van der Waals surface area (Å²) in [6.45, 7) is 2.06. The maximum atomic E-state index is 8.69. The van der Waals surface area contributed by atoms with Crippen LogP contribution in [-0.2, 0) is 4.74 Å². The van der Waals surface area contributed by atoms with E-state index in [0.29, 0.717) is 6.61 Å². The quantitative estimate of drug-likeness (QED) is 0.410. The van der Waals surface area contributed by atoms with Crippen molar-refractivity contribution < 1.29 is 14.9 Å². The van der Waals surface area contributed by atoms with Crippen molar-refractivity contribution >= 4 is 0 Å². The molecule has 0 radical (unpaired) electrons. The van der Waals surface area contributed by atoms with Gasteiger partial charge in [0.15, 0.2) is 0 Å². The average Bonchev–Trinajstić information content (AvgIpc) is 1.87. The molecule has 0 aromatic carbocycles. The van der Waals surface area contributed by atoms with Crippen LogP contribution in [0.5, 0.6) is 0 Å². The Labute approximate surface area is 60.6 Å². The lowest BCUT2D eigenvalue weighted by Crippen LogP contribution is -2.10. The maximum Gasteiger partial charge on any atom is 0.107 e. The van der Waals surface area contributed by atoms with Gasteiger partial charge in [0.2, 0.25) is 0 Å². The molecule has 3 nitrogen and oxygen atoms in total. The molecule has 10 heavy (non-hydrogen) atoms. The third kappa shape index (κ3) is 7.44. The Bertz CT molecular complexity index is 121. The first-order valence-electron chi connectivity index (χ1n) is 3.09. The van der Waals surface area contributed by atoms with Gasteiger partial charge in [0, 0.05) is 0 Å². The van der Waals surface area contributed by atoms with E-state index in [0.717, 1.165) is 0 Å². The van der Waals surface area contributed by atoms with E-state index in [1.165, 1.54) is 0 Å². The first-order valence-corrected chi connectivity index (χ1v) is 3.09. The molecule has 0 fully saturated rings. The SMILES string of the molecule is CC(O)COCC#CCO. The second kappa shape index (κ2) is 6.56. The highest BCUT2D eigenvalue weighted by Gasteiger charge is 1.91. The van der Waals surface area contributed by atoms with Crippen LogP contribution >= 0.6 is 0 Å². The van der Waals surface area contributed by atoms with Crippen molar-refractivity contribution in [2.24, 2.45) is 0 Å². The summed E-state index contributed by atoms with van der Waals surface area (Å²) >= 11 is 0. The molecule has 0 aromatic heterocycles. The summed E-state index contributed by atoms with van der Waals surface area (Å²) in [5, 5.41) is 16.9. The predicted octanol–water partition coefficient (Wildman–Crippen LogP) is -0.620. The fourth-order valence-corrected chi connectivity index (χ4v) is 0.387. The van der Waals surface area contributed by atoms with Gasteiger partial charge in [-0.3, -0.25) is 0 Å². The van der Waals surface area contributed by atoms with Crippen molar-refractivity contribution in [3.8, 4) is 11.8 Å². The van der Waals surface area contributed by atoms with Gasteiger partial charge in [-0.2, -0.15) is 0 Å². The fourth-order valence-electron chi connectivity index (χ4n) is 0.387. The minimum atomic E-state index is -0.448. The number of aliphatic hydroxyl groups excluding tert-OH is 2. The van der Waals surface area contributed by atoms with Crippen LogP contribution in [0, 0.1) is 11.8 Å². The molecule has 0 bridgehead atoms. The van der Waals surface area contributed by atoms with E-state index in [-0.39, 0.29) is 13.2 Å². The van der Waals surface area contributed by atoms with E-state index in [2.05, 4.69) is 11.8 Å². The fraction of sp³-hybridized carbons (Fsp3) is 0.714. The highest BCUT2D eigenvalue weighted by Crippen LogP contribution is 1.80. The molecule has 0 spiro atoms. The Balaban J connectivity index is 3.05. The van der Waals surface area contributed by atoms with Gasteiger partial charge in [0.05, 0.1) is 12.7 Å². The minimum Gasteiger partial charge on any atom is -0.391 e. The third-order valence-corrected chi connectivity index (χ3v) is 0.737. The molecule has 0 saturated heterocycles. The Kier molecular flexibility index (Phi) is 6.19.